The summed E-state index contributed by atoms with van der Waals surface area (Å²) < 4.78 is 0. The van der Waals surface area contributed by atoms with Crippen molar-refractivity contribution >= 4 is 12.0 Å². The molecule has 0 saturated heterocycles. The van der Waals surface area contributed by atoms with Gasteiger partial charge in [-0.25, -0.2) is 0 Å². The standard InChI is InChI=1S/C14H19NO/c1-11-9-12(10-16)7-8-14(11)15(2)13-5-3-4-6-13/h7-10,13H,3-6H2,1-2H3. The Morgan fingerprint density at radius 2 is 2.00 bits per heavy atom. The number of aryl methyl sites for hydroxylation is 1. The van der Waals surface area contributed by atoms with Crippen LogP contribution in [-0.2, 0) is 0 Å². The molecule has 0 bridgehead atoms. The fourth-order valence-corrected chi connectivity index (χ4v) is 2.64. The Balaban J connectivity index is 2.22. The topological polar surface area (TPSA) is 20.3 Å². The van der Waals surface area contributed by atoms with Gasteiger partial charge in [-0.05, 0) is 43.5 Å². The summed E-state index contributed by atoms with van der Waals surface area (Å²) in [7, 11) is 2.17. The Labute approximate surface area is 97.3 Å². The number of carbonyl (C=O) groups is 1. The number of benzene rings is 1. The van der Waals surface area contributed by atoms with Crippen molar-refractivity contribution in [2.75, 3.05) is 11.9 Å². The van der Waals surface area contributed by atoms with E-state index < -0.39 is 0 Å². The molecule has 1 fully saturated rings. The number of hydrogen-bond acceptors (Lipinski definition) is 2. The number of carbonyl (C=O) groups excluding carboxylic acids is 1. The highest BCUT2D eigenvalue weighted by molar-refractivity contribution is 5.77. The summed E-state index contributed by atoms with van der Waals surface area (Å²) in [4.78, 5) is 13.1. The van der Waals surface area contributed by atoms with Crippen LogP contribution in [0.15, 0.2) is 18.2 Å². The third-order valence-electron chi connectivity index (χ3n) is 3.61. The average Bonchev–Trinajstić information content (AvgIpc) is 2.81. The third-order valence-corrected chi connectivity index (χ3v) is 3.61. The maximum absolute atomic E-state index is 10.7. The fraction of sp³-hybridized carbons (Fsp3) is 0.500. The van der Waals surface area contributed by atoms with Gasteiger partial charge in [0.15, 0.2) is 0 Å². The van der Waals surface area contributed by atoms with E-state index in [0.717, 1.165) is 11.8 Å². The molecule has 1 aliphatic rings. The predicted octanol–water partition coefficient (Wildman–Crippen LogP) is 3.19. The summed E-state index contributed by atoms with van der Waals surface area (Å²) in [5.74, 6) is 0. The fourth-order valence-electron chi connectivity index (χ4n) is 2.64. The minimum Gasteiger partial charge on any atom is -0.371 e. The summed E-state index contributed by atoms with van der Waals surface area (Å²) in [5.41, 5.74) is 3.22. The Hall–Kier alpha value is -1.31. The SMILES string of the molecule is Cc1cc(C=O)ccc1N(C)C1CCCC1. The molecule has 1 aliphatic carbocycles. The van der Waals surface area contributed by atoms with Crippen LogP contribution in [0.3, 0.4) is 0 Å². The normalized spacial score (nSPS) is 16.4. The van der Waals surface area contributed by atoms with Gasteiger partial charge in [0.05, 0.1) is 0 Å². The van der Waals surface area contributed by atoms with Gasteiger partial charge in [0, 0.05) is 24.3 Å². The van der Waals surface area contributed by atoms with E-state index in [4.69, 9.17) is 0 Å². The first kappa shape index (κ1) is 11.2. The molecule has 1 aromatic rings. The van der Waals surface area contributed by atoms with Gasteiger partial charge in [0.1, 0.15) is 6.29 Å². The lowest BCUT2D eigenvalue weighted by atomic mass is 10.1. The molecule has 1 saturated carbocycles. The molecular weight excluding hydrogens is 198 g/mol. The largest absolute Gasteiger partial charge is 0.371 e. The lowest BCUT2D eigenvalue weighted by Crippen LogP contribution is -2.29. The number of aldehydes is 1. The number of rotatable bonds is 3. The summed E-state index contributed by atoms with van der Waals surface area (Å²) in [6.07, 6.45) is 6.20. The smallest absolute Gasteiger partial charge is 0.150 e. The molecule has 0 heterocycles. The van der Waals surface area contributed by atoms with Crippen LogP contribution < -0.4 is 4.90 Å². The highest BCUT2D eigenvalue weighted by Gasteiger charge is 2.20. The van der Waals surface area contributed by atoms with Crippen molar-refractivity contribution in [1.82, 2.24) is 0 Å². The molecule has 2 rings (SSSR count). The molecule has 0 unspecified atom stereocenters. The highest BCUT2D eigenvalue weighted by Crippen LogP contribution is 2.29. The Morgan fingerprint density at radius 1 is 1.31 bits per heavy atom. The predicted molar refractivity (Wildman–Crippen MR) is 67.2 cm³/mol. The summed E-state index contributed by atoms with van der Waals surface area (Å²) in [6, 6.07) is 6.62. The molecule has 16 heavy (non-hydrogen) atoms. The van der Waals surface area contributed by atoms with Crippen molar-refractivity contribution in [3.8, 4) is 0 Å². The minimum atomic E-state index is 0.681. The van der Waals surface area contributed by atoms with E-state index in [2.05, 4.69) is 24.9 Å². The van der Waals surface area contributed by atoms with Crippen molar-refractivity contribution in [2.24, 2.45) is 0 Å². The second-order valence-corrected chi connectivity index (χ2v) is 4.71. The molecule has 0 radical (unpaired) electrons. The van der Waals surface area contributed by atoms with E-state index in [0.29, 0.717) is 6.04 Å². The molecule has 0 aromatic heterocycles. The molecule has 0 N–H and O–H groups in total. The number of anilines is 1. The van der Waals surface area contributed by atoms with E-state index >= 15 is 0 Å². The zero-order valence-corrected chi connectivity index (χ0v) is 10.1. The Morgan fingerprint density at radius 3 is 2.56 bits per heavy atom. The van der Waals surface area contributed by atoms with Crippen molar-refractivity contribution < 1.29 is 4.79 Å². The summed E-state index contributed by atoms with van der Waals surface area (Å²) >= 11 is 0. The van der Waals surface area contributed by atoms with Gasteiger partial charge in [-0.2, -0.15) is 0 Å². The van der Waals surface area contributed by atoms with Gasteiger partial charge >= 0.3 is 0 Å². The molecule has 2 nitrogen and oxygen atoms in total. The second kappa shape index (κ2) is 4.69. The molecule has 0 amide bonds. The summed E-state index contributed by atoms with van der Waals surface area (Å²) in [6.45, 7) is 2.08. The van der Waals surface area contributed by atoms with Crippen LogP contribution in [0.1, 0.15) is 41.6 Å². The lowest BCUT2D eigenvalue weighted by Gasteiger charge is -2.28. The van der Waals surface area contributed by atoms with Crippen LogP contribution in [-0.4, -0.2) is 19.4 Å². The Kier molecular flexibility index (Phi) is 3.28. The molecule has 1 aromatic carbocycles. The van der Waals surface area contributed by atoms with Crippen molar-refractivity contribution in [2.45, 2.75) is 38.6 Å². The first-order chi connectivity index (χ1) is 7.72. The molecule has 0 spiro atoms. The van der Waals surface area contributed by atoms with Crippen molar-refractivity contribution in [3.05, 3.63) is 29.3 Å². The quantitative estimate of drug-likeness (QED) is 0.725. The van der Waals surface area contributed by atoms with Gasteiger partial charge in [-0.1, -0.05) is 12.8 Å². The summed E-state index contributed by atoms with van der Waals surface area (Å²) in [5, 5.41) is 0. The zero-order chi connectivity index (χ0) is 11.5. The first-order valence-corrected chi connectivity index (χ1v) is 6.01. The van der Waals surface area contributed by atoms with Crippen molar-refractivity contribution in [1.29, 1.82) is 0 Å². The monoisotopic (exact) mass is 217 g/mol. The lowest BCUT2D eigenvalue weighted by molar-refractivity contribution is 0.112. The molecule has 86 valence electrons. The van der Waals surface area contributed by atoms with E-state index in [1.165, 1.54) is 36.9 Å². The van der Waals surface area contributed by atoms with E-state index in [1.807, 2.05) is 12.1 Å². The maximum atomic E-state index is 10.7. The van der Waals surface area contributed by atoms with Crippen LogP contribution in [0.5, 0.6) is 0 Å². The number of hydrogen-bond donors (Lipinski definition) is 0. The van der Waals surface area contributed by atoms with E-state index in [1.54, 1.807) is 0 Å². The van der Waals surface area contributed by atoms with Gasteiger partial charge in [0.2, 0.25) is 0 Å². The van der Waals surface area contributed by atoms with Gasteiger partial charge in [-0.15, -0.1) is 0 Å². The minimum absolute atomic E-state index is 0.681. The van der Waals surface area contributed by atoms with Crippen LogP contribution in [0, 0.1) is 6.92 Å². The van der Waals surface area contributed by atoms with Crippen LogP contribution >= 0.6 is 0 Å². The Bertz CT molecular complexity index is 380. The molecule has 2 heteroatoms. The van der Waals surface area contributed by atoms with E-state index in [-0.39, 0.29) is 0 Å². The van der Waals surface area contributed by atoms with E-state index in [9.17, 15) is 4.79 Å². The van der Waals surface area contributed by atoms with Crippen molar-refractivity contribution in [3.63, 3.8) is 0 Å². The van der Waals surface area contributed by atoms with Gasteiger partial charge in [0.25, 0.3) is 0 Å². The first-order valence-electron chi connectivity index (χ1n) is 6.01. The molecule has 0 atom stereocenters. The zero-order valence-electron chi connectivity index (χ0n) is 10.1. The van der Waals surface area contributed by atoms with Crippen LogP contribution in [0.25, 0.3) is 0 Å². The highest BCUT2D eigenvalue weighted by atomic mass is 16.1. The molecule has 0 aliphatic heterocycles. The van der Waals surface area contributed by atoms with Gasteiger partial charge in [-0.3, -0.25) is 4.79 Å². The second-order valence-electron chi connectivity index (χ2n) is 4.71. The van der Waals surface area contributed by atoms with Crippen LogP contribution in [0.2, 0.25) is 0 Å². The number of nitrogens with zero attached hydrogens (tertiary/aromatic N) is 1. The van der Waals surface area contributed by atoms with Crippen LogP contribution in [0.4, 0.5) is 5.69 Å². The maximum Gasteiger partial charge on any atom is 0.150 e. The van der Waals surface area contributed by atoms with Gasteiger partial charge < -0.3 is 4.90 Å². The molecular formula is C14H19NO. The third kappa shape index (κ3) is 2.11. The average molecular weight is 217 g/mol.